The highest BCUT2D eigenvalue weighted by atomic mass is 35.5. The molecule has 3 atom stereocenters. The molecule has 3 fully saturated rings. The second kappa shape index (κ2) is 6.94. The van der Waals surface area contributed by atoms with Crippen LogP contribution in [0.15, 0.2) is 0 Å². The van der Waals surface area contributed by atoms with Crippen LogP contribution >= 0.6 is 12.4 Å². The number of hydrogen-bond donors (Lipinski definition) is 3. The van der Waals surface area contributed by atoms with Crippen LogP contribution in [0.1, 0.15) is 32.1 Å². The average molecular weight is 317 g/mol. The number of likely N-dealkylation sites (tertiary alicyclic amines) is 1. The van der Waals surface area contributed by atoms with Gasteiger partial charge in [0.05, 0.1) is 6.54 Å². The molecule has 0 aromatic carbocycles. The summed E-state index contributed by atoms with van der Waals surface area (Å²) in [5, 5.41) is 5.17. The minimum atomic E-state index is -0.356. The van der Waals surface area contributed by atoms with Crippen LogP contribution in [0.2, 0.25) is 0 Å². The molecule has 120 valence electrons. The fourth-order valence-electron chi connectivity index (χ4n) is 3.56. The van der Waals surface area contributed by atoms with E-state index in [-0.39, 0.29) is 36.4 Å². The van der Waals surface area contributed by atoms with Crippen molar-refractivity contribution in [2.45, 2.75) is 44.2 Å². The molecule has 2 aliphatic carbocycles. The molecule has 1 heterocycles. The van der Waals surface area contributed by atoms with E-state index in [4.69, 9.17) is 5.73 Å². The molecule has 1 aliphatic heterocycles. The van der Waals surface area contributed by atoms with Crippen molar-refractivity contribution in [1.82, 2.24) is 15.5 Å². The zero-order valence-corrected chi connectivity index (χ0v) is 13.0. The molecule has 2 saturated carbocycles. The Morgan fingerprint density at radius 1 is 1.14 bits per heavy atom. The van der Waals surface area contributed by atoms with Gasteiger partial charge in [-0.3, -0.25) is 15.0 Å². The lowest BCUT2D eigenvalue weighted by Gasteiger charge is -2.29. The fraction of sp³-hybridized carbons (Fsp3) is 0.857. The lowest BCUT2D eigenvalue weighted by Crippen LogP contribution is -2.45. The molecule has 21 heavy (non-hydrogen) atoms. The zero-order valence-electron chi connectivity index (χ0n) is 12.2. The van der Waals surface area contributed by atoms with Gasteiger partial charge in [-0.2, -0.15) is 0 Å². The Bertz CT molecular complexity index is 402. The van der Waals surface area contributed by atoms with Crippen LogP contribution in [-0.4, -0.2) is 48.6 Å². The maximum absolute atomic E-state index is 11.9. The Balaban J connectivity index is 0.00000161. The quantitative estimate of drug-likeness (QED) is 0.706. The lowest BCUT2D eigenvalue weighted by atomic mass is 9.78. The van der Waals surface area contributed by atoms with Gasteiger partial charge >= 0.3 is 6.03 Å². The van der Waals surface area contributed by atoms with Crippen LogP contribution in [0.3, 0.4) is 0 Å². The molecule has 3 amide bonds. The van der Waals surface area contributed by atoms with Gasteiger partial charge < -0.3 is 11.1 Å². The van der Waals surface area contributed by atoms with Gasteiger partial charge in [0.1, 0.15) is 0 Å². The van der Waals surface area contributed by atoms with Crippen molar-refractivity contribution in [3.63, 3.8) is 0 Å². The third-order valence-corrected chi connectivity index (χ3v) is 4.76. The number of hydrogen-bond acceptors (Lipinski definition) is 4. The number of carbonyl (C=O) groups excluding carboxylic acids is 2. The summed E-state index contributed by atoms with van der Waals surface area (Å²) >= 11 is 0. The number of nitrogens with two attached hydrogens (primary N) is 1. The van der Waals surface area contributed by atoms with Crippen molar-refractivity contribution in [3.05, 3.63) is 0 Å². The van der Waals surface area contributed by atoms with Crippen LogP contribution in [0.5, 0.6) is 0 Å². The van der Waals surface area contributed by atoms with E-state index in [9.17, 15) is 9.59 Å². The lowest BCUT2D eigenvalue weighted by molar-refractivity contribution is -0.121. The van der Waals surface area contributed by atoms with E-state index < -0.39 is 0 Å². The molecule has 1 saturated heterocycles. The highest BCUT2D eigenvalue weighted by Crippen LogP contribution is 2.35. The summed E-state index contributed by atoms with van der Waals surface area (Å²) in [6, 6.07) is 0.196. The minimum Gasteiger partial charge on any atom is -0.335 e. The summed E-state index contributed by atoms with van der Waals surface area (Å²) in [7, 11) is 0. The Hall–Kier alpha value is -0.850. The van der Waals surface area contributed by atoms with Gasteiger partial charge in [0.25, 0.3) is 0 Å². The molecule has 3 rings (SSSR count). The van der Waals surface area contributed by atoms with Crippen molar-refractivity contribution >= 4 is 24.3 Å². The van der Waals surface area contributed by atoms with Crippen LogP contribution in [0, 0.1) is 11.8 Å². The number of rotatable bonds is 3. The average Bonchev–Trinajstić information content (AvgIpc) is 3.07. The molecule has 6 nitrogen and oxygen atoms in total. The summed E-state index contributed by atoms with van der Waals surface area (Å²) < 4.78 is 0. The molecular weight excluding hydrogens is 292 g/mol. The molecular formula is C14H25ClN4O2. The predicted octanol–water partition coefficient (Wildman–Crippen LogP) is 0.456. The summed E-state index contributed by atoms with van der Waals surface area (Å²) in [5.41, 5.74) is 6.16. The van der Waals surface area contributed by atoms with E-state index in [1.165, 1.54) is 12.8 Å². The highest BCUT2D eigenvalue weighted by molar-refractivity contribution is 5.95. The number of nitrogens with zero attached hydrogens (tertiary/aromatic N) is 1. The Labute approximate surface area is 131 Å². The molecule has 0 bridgehead atoms. The van der Waals surface area contributed by atoms with E-state index in [0.29, 0.717) is 18.4 Å². The number of imide groups is 1. The van der Waals surface area contributed by atoms with Gasteiger partial charge in [-0.25, -0.2) is 4.79 Å². The molecule has 3 unspecified atom stereocenters. The molecule has 0 aromatic heterocycles. The summed E-state index contributed by atoms with van der Waals surface area (Å²) in [6.45, 7) is 2.14. The fourth-order valence-corrected chi connectivity index (χ4v) is 3.56. The third kappa shape index (κ3) is 4.31. The number of carbonyl (C=O) groups is 2. The van der Waals surface area contributed by atoms with Crippen LogP contribution < -0.4 is 16.4 Å². The second-order valence-electron chi connectivity index (χ2n) is 6.51. The van der Waals surface area contributed by atoms with Crippen molar-refractivity contribution in [1.29, 1.82) is 0 Å². The molecule has 0 spiro atoms. The van der Waals surface area contributed by atoms with Crippen molar-refractivity contribution < 1.29 is 9.59 Å². The van der Waals surface area contributed by atoms with Crippen molar-refractivity contribution in [2.75, 3.05) is 19.6 Å². The maximum atomic E-state index is 11.9. The number of urea groups is 1. The largest absolute Gasteiger partial charge is 0.335 e. The molecule has 0 radical (unpaired) electrons. The van der Waals surface area contributed by atoms with Gasteiger partial charge in [0, 0.05) is 25.2 Å². The van der Waals surface area contributed by atoms with E-state index in [2.05, 4.69) is 15.5 Å². The third-order valence-electron chi connectivity index (χ3n) is 4.76. The maximum Gasteiger partial charge on any atom is 0.321 e. The van der Waals surface area contributed by atoms with E-state index in [0.717, 1.165) is 32.4 Å². The first-order valence-corrected chi connectivity index (χ1v) is 7.70. The molecule has 3 aliphatic rings. The van der Waals surface area contributed by atoms with E-state index in [1.807, 2.05) is 0 Å². The first-order valence-electron chi connectivity index (χ1n) is 7.70. The summed E-state index contributed by atoms with van der Waals surface area (Å²) in [6.07, 6.45) is 5.57. The van der Waals surface area contributed by atoms with Gasteiger partial charge in [-0.15, -0.1) is 12.4 Å². The van der Waals surface area contributed by atoms with Gasteiger partial charge in [-0.05, 0) is 37.5 Å². The normalized spacial score (nSPS) is 32.0. The Morgan fingerprint density at radius 3 is 2.57 bits per heavy atom. The van der Waals surface area contributed by atoms with Gasteiger partial charge in [-0.1, -0.05) is 6.42 Å². The van der Waals surface area contributed by atoms with Gasteiger partial charge in [0.15, 0.2) is 0 Å². The first kappa shape index (κ1) is 16.5. The standard InChI is InChI=1S/C14H24N4O2.ClH/c15-12-3-1-2-9-6-18(7-11(9)12)8-13(19)17-14(20)16-10-4-5-10;/h9-12H,1-8,15H2,(H2,16,17,19,20);1H. The first-order chi connectivity index (χ1) is 9.61. The van der Waals surface area contributed by atoms with E-state index >= 15 is 0 Å². The van der Waals surface area contributed by atoms with Crippen LogP contribution in [0.25, 0.3) is 0 Å². The van der Waals surface area contributed by atoms with Crippen LogP contribution in [0.4, 0.5) is 4.79 Å². The monoisotopic (exact) mass is 316 g/mol. The summed E-state index contributed by atoms with van der Waals surface area (Å²) in [5.74, 6) is 0.944. The minimum absolute atomic E-state index is 0. The second-order valence-corrected chi connectivity index (χ2v) is 6.51. The molecule has 0 aromatic rings. The highest BCUT2D eigenvalue weighted by Gasteiger charge is 2.39. The Kier molecular flexibility index (Phi) is 5.46. The van der Waals surface area contributed by atoms with E-state index in [1.54, 1.807) is 0 Å². The molecule has 4 N–H and O–H groups in total. The van der Waals surface area contributed by atoms with Crippen molar-refractivity contribution in [3.8, 4) is 0 Å². The molecule has 7 heteroatoms. The summed E-state index contributed by atoms with van der Waals surface area (Å²) in [4.78, 5) is 25.5. The number of halogens is 1. The predicted molar refractivity (Wildman–Crippen MR) is 82.2 cm³/mol. The Morgan fingerprint density at radius 2 is 1.90 bits per heavy atom. The number of fused-ring (bicyclic) bond motifs is 1. The number of amides is 3. The van der Waals surface area contributed by atoms with Crippen molar-refractivity contribution in [2.24, 2.45) is 17.6 Å². The van der Waals surface area contributed by atoms with Gasteiger partial charge in [0.2, 0.25) is 5.91 Å². The zero-order chi connectivity index (χ0) is 14.1. The number of nitrogens with one attached hydrogen (secondary N) is 2. The smallest absolute Gasteiger partial charge is 0.321 e. The topological polar surface area (TPSA) is 87.5 Å². The van der Waals surface area contributed by atoms with Crippen LogP contribution in [-0.2, 0) is 4.79 Å². The SMILES string of the molecule is Cl.NC1CCCC2CN(CC(=O)NC(=O)NC3CC3)CC12.